The van der Waals surface area contributed by atoms with E-state index in [-0.39, 0.29) is 0 Å². The highest BCUT2D eigenvalue weighted by Gasteiger charge is 2.25. The summed E-state index contributed by atoms with van der Waals surface area (Å²) in [6.45, 7) is 11.6. The molecule has 0 spiro atoms. The van der Waals surface area contributed by atoms with E-state index in [1.165, 1.54) is 13.2 Å². The Kier molecular flexibility index (Phi) is 9.77. The predicted octanol–water partition coefficient (Wildman–Crippen LogP) is 6.04. The number of carbonyl (C=O) groups is 2. The number of carbonyl (C=O) groups excluding carboxylic acids is 2. The van der Waals surface area contributed by atoms with Crippen LogP contribution in [-0.2, 0) is 20.8 Å². The van der Waals surface area contributed by atoms with Gasteiger partial charge in [-0.1, -0.05) is 57.0 Å². The summed E-state index contributed by atoms with van der Waals surface area (Å²) >= 11 is 0. The summed E-state index contributed by atoms with van der Waals surface area (Å²) in [5.74, 6) is 0.218. The first-order valence-electron chi connectivity index (χ1n) is 9.99. The Morgan fingerprint density at radius 1 is 1.11 bits per heavy atom. The van der Waals surface area contributed by atoms with Crippen LogP contribution in [0.25, 0.3) is 0 Å². The van der Waals surface area contributed by atoms with Crippen LogP contribution in [-0.4, -0.2) is 22.6 Å². The van der Waals surface area contributed by atoms with Crippen LogP contribution in [0.3, 0.4) is 0 Å². The number of amides is 1. The zero-order valence-electron chi connectivity index (χ0n) is 18.2. The number of esters is 1. The lowest BCUT2D eigenvalue weighted by molar-refractivity contribution is -0.135. The number of hydrogen-bond donors (Lipinski definition) is 0. The van der Waals surface area contributed by atoms with Crippen LogP contribution in [0.4, 0.5) is 4.79 Å². The van der Waals surface area contributed by atoms with Gasteiger partial charge < -0.3 is 9.47 Å². The Bertz CT molecular complexity index is 644. The molecule has 0 aromatic heterocycles. The van der Waals surface area contributed by atoms with E-state index in [9.17, 15) is 9.59 Å². The maximum Gasteiger partial charge on any atom is 0.414 e. The van der Waals surface area contributed by atoms with Gasteiger partial charge in [0.2, 0.25) is 0 Å². The molecule has 0 saturated carbocycles. The first-order chi connectivity index (χ1) is 13.1. The third-order valence-electron chi connectivity index (χ3n) is 3.97. The maximum absolute atomic E-state index is 12.9. The fraction of sp³-hybridized carbons (Fsp3) is 0.565. The highest BCUT2D eigenvalue weighted by Crippen LogP contribution is 2.22. The summed E-state index contributed by atoms with van der Waals surface area (Å²) in [7, 11) is 0. The molecular weight excluding hydrogens is 354 g/mol. The number of benzene rings is 1. The molecule has 0 saturated heterocycles. The van der Waals surface area contributed by atoms with E-state index in [4.69, 9.17) is 9.47 Å². The van der Waals surface area contributed by atoms with Crippen LogP contribution in [0.5, 0.6) is 0 Å². The Morgan fingerprint density at radius 3 is 2.29 bits per heavy atom. The first-order valence-corrected chi connectivity index (χ1v) is 9.99. The number of ether oxygens (including phenoxy) is 2. The van der Waals surface area contributed by atoms with Crippen molar-refractivity contribution in [1.29, 1.82) is 0 Å². The first kappa shape index (κ1) is 23.7. The predicted molar refractivity (Wildman–Crippen MR) is 111 cm³/mol. The number of rotatable bonds is 9. The van der Waals surface area contributed by atoms with Gasteiger partial charge in [0.25, 0.3) is 0 Å². The summed E-state index contributed by atoms with van der Waals surface area (Å²) in [5, 5.41) is 0. The third kappa shape index (κ3) is 10.1. The minimum Gasteiger partial charge on any atom is -0.443 e. The van der Waals surface area contributed by atoms with Crippen molar-refractivity contribution in [2.24, 2.45) is 5.92 Å². The fourth-order valence-electron chi connectivity index (χ4n) is 2.63. The number of hydrogen-bond acceptors (Lipinski definition) is 4. The van der Waals surface area contributed by atoms with Gasteiger partial charge >= 0.3 is 12.1 Å². The molecule has 0 N–H and O–H groups in total. The van der Waals surface area contributed by atoms with Gasteiger partial charge in [0.15, 0.2) is 0 Å². The second kappa shape index (κ2) is 11.5. The van der Waals surface area contributed by atoms with E-state index in [1.807, 2.05) is 51.1 Å². The van der Waals surface area contributed by atoms with Crippen molar-refractivity contribution >= 4 is 12.1 Å². The van der Waals surface area contributed by atoms with Crippen LogP contribution in [0.2, 0.25) is 0 Å². The summed E-state index contributed by atoms with van der Waals surface area (Å²) in [6, 6.07) is 9.71. The second-order valence-corrected chi connectivity index (χ2v) is 8.41. The molecule has 1 aromatic carbocycles. The Balaban J connectivity index is 3.06. The minimum atomic E-state index is -0.615. The number of allylic oxidation sites excluding steroid dienone is 1. The number of unbranched alkanes of at least 4 members (excludes halogenated alkanes) is 1. The van der Waals surface area contributed by atoms with Crippen molar-refractivity contribution in [2.45, 2.75) is 79.4 Å². The summed E-state index contributed by atoms with van der Waals surface area (Å²) < 4.78 is 10.7. The Hall–Kier alpha value is -2.30. The molecule has 0 aliphatic heterocycles. The monoisotopic (exact) mass is 389 g/mol. The fourth-order valence-corrected chi connectivity index (χ4v) is 2.63. The minimum absolute atomic E-state index is 0.354. The highest BCUT2D eigenvalue weighted by atomic mass is 16.6. The van der Waals surface area contributed by atoms with E-state index in [2.05, 4.69) is 13.8 Å². The van der Waals surface area contributed by atoms with Gasteiger partial charge in [0, 0.05) is 6.92 Å². The van der Waals surface area contributed by atoms with Gasteiger partial charge in [-0.15, -0.1) is 0 Å². The molecule has 5 nitrogen and oxygen atoms in total. The normalized spacial score (nSPS) is 12.0. The molecule has 0 heterocycles. The molecule has 156 valence electrons. The van der Waals surface area contributed by atoms with Gasteiger partial charge in [0.1, 0.15) is 11.9 Å². The SMILES string of the molecule is CC(=O)OC=C(CCCCC(C)C)N(Cc1ccccc1)C(=O)OC(C)(C)C. The summed E-state index contributed by atoms with van der Waals surface area (Å²) in [6.07, 6.45) is 4.64. The molecule has 0 aliphatic rings. The van der Waals surface area contributed by atoms with E-state index < -0.39 is 17.7 Å². The molecule has 0 radical (unpaired) electrons. The smallest absolute Gasteiger partial charge is 0.414 e. The van der Waals surface area contributed by atoms with E-state index in [0.29, 0.717) is 24.6 Å². The largest absolute Gasteiger partial charge is 0.443 e. The van der Waals surface area contributed by atoms with Crippen LogP contribution >= 0.6 is 0 Å². The maximum atomic E-state index is 12.9. The molecule has 1 rings (SSSR count). The average Bonchev–Trinajstić information content (AvgIpc) is 2.58. The van der Waals surface area contributed by atoms with E-state index >= 15 is 0 Å². The van der Waals surface area contributed by atoms with Crippen LogP contribution in [0, 0.1) is 5.92 Å². The molecular formula is C23H35NO4. The van der Waals surface area contributed by atoms with Crippen LogP contribution in [0.1, 0.15) is 72.8 Å². The lowest BCUT2D eigenvalue weighted by atomic mass is 10.0. The van der Waals surface area contributed by atoms with Crippen molar-refractivity contribution in [2.75, 3.05) is 0 Å². The lowest BCUT2D eigenvalue weighted by Crippen LogP contribution is -2.36. The second-order valence-electron chi connectivity index (χ2n) is 8.41. The molecule has 1 amide bonds. The number of nitrogens with zero attached hydrogens (tertiary/aromatic N) is 1. The van der Waals surface area contributed by atoms with Crippen molar-refractivity contribution in [3.8, 4) is 0 Å². The van der Waals surface area contributed by atoms with Crippen molar-refractivity contribution in [1.82, 2.24) is 4.90 Å². The van der Waals surface area contributed by atoms with Crippen molar-refractivity contribution < 1.29 is 19.1 Å². The standard InChI is InChI=1S/C23H35NO4/c1-18(2)12-10-11-15-21(17-27-19(3)25)24(22(26)28-23(4,5)6)16-20-13-8-7-9-14-20/h7-9,13-14,17-18H,10-12,15-16H2,1-6H3. The summed E-state index contributed by atoms with van der Waals surface area (Å²) in [5.41, 5.74) is 1.01. The Labute approximate surface area is 169 Å². The molecule has 0 unspecified atom stereocenters. The molecule has 0 atom stereocenters. The lowest BCUT2D eigenvalue weighted by Gasteiger charge is -2.29. The third-order valence-corrected chi connectivity index (χ3v) is 3.97. The summed E-state index contributed by atoms with van der Waals surface area (Å²) in [4.78, 5) is 25.8. The van der Waals surface area contributed by atoms with E-state index in [0.717, 1.165) is 24.8 Å². The molecule has 1 aromatic rings. The highest BCUT2D eigenvalue weighted by molar-refractivity contribution is 5.71. The Morgan fingerprint density at radius 2 is 1.75 bits per heavy atom. The molecule has 5 heteroatoms. The molecule has 28 heavy (non-hydrogen) atoms. The average molecular weight is 390 g/mol. The quantitative estimate of drug-likeness (QED) is 0.293. The van der Waals surface area contributed by atoms with E-state index in [1.54, 1.807) is 4.90 Å². The topological polar surface area (TPSA) is 55.8 Å². The zero-order valence-corrected chi connectivity index (χ0v) is 18.2. The van der Waals surface area contributed by atoms with Crippen molar-refractivity contribution in [3.63, 3.8) is 0 Å². The van der Waals surface area contributed by atoms with Crippen LogP contribution in [0.15, 0.2) is 42.3 Å². The molecule has 0 fully saturated rings. The van der Waals surface area contributed by atoms with Gasteiger partial charge in [-0.3, -0.25) is 9.69 Å². The van der Waals surface area contributed by atoms with Gasteiger partial charge in [0.05, 0.1) is 12.2 Å². The van der Waals surface area contributed by atoms with Crippen molar-refractivity contribution in [3.05, 3.63) is 47.9 Å². The van der Waals surface area contributed by atoms with Gasteiger partial charge in [-0.2, -0.15) is 0 Å². The van der Waals surface area contributed by atoms with Crippen LogP contribution < -0.4 is 0 Å². The zero-order chi connectivity index (χ0) is 21.2. The van der Waals surface area contributed by atoms with Gasteiger partial charge in [-0.05, 0) is 45.1 Å². The molecule has 0 aliphatic carbocycles. The molecule has 0 bridgehead atoms. The van der Waals surface area contributed by atoms with Gasteiger partial charge in [-0.25, -0.2) is 4.79 Å².